The van der Waals surface area contributed by atoms with Crippen molar-refractivity contribution in [3.8, 4) is 0 Å². The smallest absolute Gasteiger partial charge is 0.313 e. The van der Waals surface area contributed by atoms with Crippen molar-refractivity contribution >= 4 is 17.7 Å². The monoisotopic (exact) mass is 307 g/mol. The molecule has 0 radical (unpaired) electrons. The number of rotatable bonds is 7. The van der Waals surface area contributed by atoms with Crippen molar-refractivity contribution in [3.63, 3.8) is 0 Å². The molecule has 0 spiro atoms. The largest absolute Gasteiger partial charge is 0.481 e. The maximum absolute atomic E-state index is 10.7. The molecule has 0 aliphatic rings. The highest BCUT2D eigenvalue weighted by Gasteiger charge is 2.16. The number of benzene rings is 1. The van der Waals surface area contributed by atoms with Crippen LogP contribution in [0.1, 0.15) is 24.2 Å². The molecule has 2 rings (SSSR count). The number of aliphatic hydroxyl groups is 1. The first-order chi connectivity index (χ1) is 10.1. The summed E-state index contributed by atoms with van der Waals surface area (Å²) in [5.41, 5.74) is 1.17. The Balaban J connectivity index is 2.17. The predicted molar refractivity (Wildman–Crippen MR) is 79.2 cm³/mol. The molecule has 0 aliphatic carbocycles. The van der Waals surface area contributed by atoms with E-state index in [-0.39, 0.29) is 18.3 Å². The quantitative estimate of drug-likeness (QED) is 0.758. The summed E-state index contributed by atoms with van der Waals surface area (Å²) in [6.45, 7) is 2.44. The number of hydrogen-bond donors (Lipinski definition) is 2. The number of aliphatic hydroxyl groups excluding tert-OH is 1. The van der Waals surface area contributed by atoms with Gasteiger partial charge in [-0.05, 0) is 11.5 Å². The molecule has 6 nitrogen and oxygen atoms in total. The lowest BCUT2D eigenvalue weighted by Gasteiger charge is -2.15. The molecule has 0 aliphatic heterocycles. The summed E-state index contributed by atoms with van der Waals surface area (Å²) in [5, 5.41) is 26.5. The topological polar surface area (TPSA) is 88.2 Å². The molecule has 7 heteroatoms. The molecule has 2 aromatic rings. The summed E-state index contributed by atoms with van der Waals surface area (Å²) in [5.74, 6) is -0.331. The SMILES string of the molecule is CC(Cn1c(CO)nnc1SCC(=O)O)c1ccccc1. The lowest BCUT2D eigenvalue weighted by atomic mass is 10.0. The Hall–Kier alpha value is -1.86. The fourth-order valence-corrected chi connectivity index (χ4v) is 2.70. The van der Waals surface area contributed by atoms with Crippen LogP contribution < -0.4 is 0 Å². The minimum atomic E-state index is -0.906. The zero-order chi connectivity index (χ0) is 15.2. The van der Waals surface area contributed by atoms with Crippen molar-refractivity contribution in [1.82, 2.24) is 14.8 Å². The van der Waals surface area contributed by atoms with Gasteiger partial charge in [-0.3, -0.25) is 4.79 Å². The Morgan fingerprint density at radius 1 is 1.33 bits per heavy atom. The van der Waals surface area contributed by atoms with Gasteiger partial charge in [0.25, 0.3) is 0 Å². The van der Waals surface area contributed by atoms with Gasteiger partial charge in [0.1, 0.15) is 6.61 Å². The first-order valence-corrected chi connectivity index (χ1v) is 7.53. The van der Waals surface area contributed by atoms with E-state index >= 15 is 0 Å². The number of carboxylic acids is 1. The van der Waals surface area contributed by atoms with Crippen molar-refractivity contribution in [2.75, 3.05) is 5.75 Å². The standard InChI is InChI=1S/C14H17N3O3S/c1-10(11-5-3-2-4-6-11)7-17-12(8-18)15-16-14(17)21-9-13(19)20/h2-6,10,18H,7-9H2,1H3,(H,19,20). The molecular formula is C14H17N3O3S. The van der Waals surface area contributed by atoms with E-state index in [1.807, 2.05) is 30.3 Å². The van der Waals surface area contributed by atoms with E-state index < -0.39 is 5.97 Å². The lowest BCUT2D eigenvalue weighted by Crippen LogP contribution is -2.12. The second kappa shape index (κ2) is 7.24. The second-order valence-corrected chi connectivity index (χ2v) is 5.60. The third-order valence-electron chi connectivity index (χ3n) is 3.08. The average Bonchev–Trinajstić information content (AvgIpc) is 2.88. The lowest BCUT2D eigenvalue weighted by molar-refractivity contribution is -0.133. The van der Waals surface area contributed by atoms with Crippen LogP contribution in [-0.2, 0) is 17.9 Å². The first-order valence-electron chi connectivity index (χ1n) is 6.54. The Labute approximate surface area is 126 Å². The van der Waals surface area contributed by atoms with Crippen molar-refractivity contribution in [1.29, 1.82) is 0 Å². The fourth-order valence-electron chi connectivity index (χ4n) is 2.01. The van der Waals surface area contributed by atoms with Gasteiger partial charge in [-0.25, -0.2) is 0 Å². The third kappa shape index (κ3) is 4.05. The fraction of sp³-hybridized carbons (Fsp3) is 0.357. The van der Waals surface area contributed by atoms with Gasteiger partial charge in [0, 0.05) is 6.54 Å². The number of aromatic nitrogens is 3. The summed E-state index contributed by atoms with van der Waals surface area (Å²) < 4.78 is 1.78. The zero-order valence-corrected chi connectivity index (χ0v) is 12.5. The Kier molecular flexibility index (Phi) is 5.35. The summed E-state index contributed by atoms with van der Waals surface area (Å²) in [7, 11) is 0. The second-order valence-electron chi connectivity index (χ2n) is 4.66. The van der Waals surface area contributed by atoms with Gasteiger partial charge in [0.2, 0.25) is 0 Å². The van der Waals surface area contributed by atoms with E-state index in [2.05, 4.69) is 17.1 Å². The average molecular weight is 307 g/mol. The highest BCUT2D eigenvalue weighted by molar-refractivity contribution is 7.99. The minimum absolute atomic E-state index is 0.0801. The summed E-state index contributed by atoms with van der Waals surface area (Å²) in [6, 6.07) is 9.99. The van der Waals surface area contributed by atoms with Crippen LogP contribution in [0.5, 0.6) is 0 Å². The van der Waals surface area contributed by atoms with Crippen molar-refractivity contribution < 1.29 is 15.0 Å². The van der Waals surface area contributed by atoms with E-state index in [4.69, 9.17) is 5.11 Å². The summed E-state index contributed by atoms with van der Waals surface area (Å²) in [6.07, 6.45) is 0. The van der Waals surface area contributed by atoms with Gasteiger partial charge in [-0.15, -0.1) is 10.2 Å². The Morgan fingerprint density at radius 2 is 2.05 bits per heavy atom. The maximum Gasteiger partial charge on any atom is 0.313 e. The van der Waals surface area contributed by atoms with Gasteiger partial charge in [0.05, 0.1) is 5.75 Å². The third-order valence-corrected chi connectivity index (χ3v) is 4.04. The molecule has 1 unspecified atom stereocenters. The molecule has 1 heterocycles. The van der Waals surface area contributed by atoms with Crippen LogP contribution in [0.15, 0.2) is 35.5 Å². The molecule has 0 bridgehead atoms. The van der Waals surface area contributed by atoms with Gasteiger partial charge in [0.15, 0.2) is 11.0 Å². The van der Waals surface area contributed by atoms with Crippen LogP contribution in [0, 0.1) is 0 Å². The molecular weight excluding hydrogens is 290 g/mol. The van der Waals surface area contributed by atoms with Gasteiger partial charge >= 0.3 is 5.97 Å². The summed E-state index contributed by atoms with van der Waals surface area (Å²) in [4.78, 5) is 10.7. The highest BCUT2D eigenvalue weighted by atomic mass is 32.2. The van der Waals surface area contributed by atoms with Crippen LogP contribution in [0.3, 0.4) is 0 Å². The van der Waals surface area contributed by atoms with Crippen molar-refractivity contribution in [2.24, 2.45) is 0 Å². The molecule has 21 heavy (non-hydrogen) atoms. The van der Waals surface area contributed by atoms with Crippen LogP contribution in [0.4, 0.5) is 0 Å². The van der Waals surface area contributed by atoms with Crippen LogP contribution in [-0.4, -0.2) is 36.7 Å². The van der Waals surface area contributed by atoms with Crippen LogP contribution in [0.2, 0.25) is 0 Å². The van der Waals surface area contributed by atoms with E-state index in [0.717, 1.165) is 11.8 Å². The summed E-state index contributed by atoms with van der Waals surface area (Å²) >= 11 is 1.11. The number of thioether (sulfide) groups is 1. The Morgan fingerprint density at radius 3 is 2.67 bits per heavy atom. The molecule has 2 N–H and O–H groups in total. The van der Waals surface area contributed by atoms with Gasteiger partial charge in [-0.2, -0.15) is 0 Å². The number of hydrogen-bond acceptors (Lipinski definition) is 5. The predicted octanol–water partition coefficient (Wildman–Crippen LogP) is 1.75. The number of aliphatic carboxylic acids is 1. The number of nitrogens with zero attached hydrogens (tertiary/aromatic N) is 3. The molecule has 0 saturated heterocycles. The van der Waals surface area contributed by atoms with Crippen LogP contribution >= 0.6 is 11.8 Å². The van der Waals surface area contributed by atoms with Crippen molar-refractivity contribution in [3.05, 3.63) is 41.7 Å². The number of carboxylic acid groups (broad SMARTS) is 1. The number of carbonyl (C=O) groups is 1. The molecule has 0 fully saturated rings. The van der Waals surface area contributed by atoms with Crippen LogP contribution in [0.25, 0.3) is 0 Å². The molecule has 0 saturated carbocycles. The molecule has 112 valence electrons. The van der Waals surface area contributed by atoms with E-state index in [0.29, 0.717) is 17.5 Å². The normalized spacial score (nSPS) is 12.3. The molecule has 0 amide bonds. The first kappa shape index (κ1) is 15.5. The van der Waals surface area contributed by atoms with E-state index in [1.165, 1.54) is 5.56 Å². The van der Waals surface area contributed by atoms with Crippen molar-refractivity contribution in [2.45, 2.75) is 31.1 Å². The Bertz CT molecular complexity index is 601. The maximum atomic E-state index is 10.7. The molecule has 1 aromatic heterocycles. The minimum Gasteiger partial charge on any atom is -0.481 e. The van der Waals surface area contributed by atoms with Gasteiger partial charge < -0.3 is 14.8 Å². The van der Waals surface area contributed by atoms with Gasteiger partial charge in [-0.1, -0.05) is 49.0 Å². The van der Waals surface area contributed by atoms with E-state index in [1.54, 1.807) is 4.57 Å². The highest BCUT2D eigenvalue weighted by Crippen LogP contribution is 2.23. The van der Waals surface area contributed by atoms with E-state index in [9.17, 15) is 9.90 Å². The molecule has 1 atom stereocenters. The zero-order valence-electron chi connectivity index (χ0n) is 11.6. The molecule has 1 aromatic carbocycles.